The van der Waals surface area contributed by atoms with Gasteiger partial charge in [0.2, 0.25) is 0 Å². The fourth-order valence-corrected chi connectivity index (χ4v) is 5.55. The maximum atomic E-state index is 13.9. The molecule has 0 saturated heterocycles. The molecule has 3 aromatic carbocycles. The molecule has 0 spiro atoms. The second-order valence-electron chi connectivity index (χ2n) is 9.72. The van der Waals surface area contributed by atoms with Crippen LogP contribution in [0.2, 0.25) is 10.0 Å². The van der Waals surface area contributed by atoms with E-state index < -0.39 is 33.2 Å². The van der Waals surface area contributed by atoms with Crippen LogP contribution < -0.4 is 0 Å². The molecular weight excluding hydrogens is 543 g/mol. The van der Waals surface area contributed by atoms with Crippen molar-refractivity contribution in [1.82, 2.24) is 5.01 Å². The lowest BCUT2D eigenvalue weighted by Crippen LogP contribution is -2.33. The Kier molecular flexibility index (Phi) is 7.20. The second-order valence-corrected chi connectivity index (χ2v) is 10.6. The van der Waals surface area contributed by atoms with Gasteiger partial charge in [-0.25, -0.2) is 5.01 Å². The lowest BCUT2D eigenvalue weighted by Gasteiger charge is -2.32. The van der Waals surface area contributed by atoms with Gasteiger partial charge >= 0.3 is 0 Å². The molecule has 198 valence electrons. The molecule has 0 N–H and O–H groups in total. The Morgan fingerprint density at radius 3 is 2.23 bits per heavy atom. The largest absolute Gasteiger partial charge is 0.289 e. The number of hydrogen-bond acceptors (Lipinski definition) is 6. The highest BCUT2D eigenvalue weighted by Gasteiger charge is 2.46. The summed E-state index contributed by atoms with van der Waals surface area (Å²) < 4.78 is 0. The highest BCUT2D eigenvalue weighted by atomic mass is 35.5. The molecule has 2 aliphatic rings. The van der Waals surface area contributed by atoms with Gasteiger partial charge < -0.3 is 0 Å². The fraction of sp³-hybridized carbons (Fsp3) is 0.214. The first-order valence-corrected chi connectivity index (χ1v) is 12.9. The van der Waals surface area contributed by atoms with E-state index in [2.05, 4.69) is 6.92 Å². The van der Waals surface area contributed by atoms with Gasteiger partial charge in [0.1, 0.15) is 5.56 Å². The summed E-state index contributed by atoms with van der Waals surface area (Å²) in [7, 11) is 0. The SMILES string of the molecule is C[C@@H]1C/C(=C\c2ccc(Cl)cc2)C2=NN(C(=O)c3ccc([N+](=O)[O-])cc3[N+](=O)[O-])[C@H](c3ccc(Cl)cc3)[C@@H]2C1. The van der Waals surface area contributed by atoms with E-state index in [0.717, 1.165) is 53.5 Å². The van der Waals surface area contributed by atoms with Crippen LogP contribution in [0, 0.1) is 32.1 Å². The van der Waals surface area contributed by atoms with Gasteiger partial charge in [-0.05, 0) is 71.9 Å². The molecule has 1 heterocycles. The first kappa shape index (κ1) is 26.5. The lowest BCUT2D eigenvalue weighted by molar-refractivity contribution is -0.394. The monoisotopic (exact) mass is 564 g/mol. The molecule has 0 bridgehead atoms. The highest BCUT2D eigenvalue weighted by Crippen LogP contribution is 2.47. The molecule has 1 aliphatic carbocycles. The Morgan fingerprint density at radius 2 is 1.62 bits per heavy atom. The average molecular weight is 565 g/mol. The van der Waals surface area contributed by atoms with Gasteiger partial charge in [0.05, 0.1) is 27.7 Å². The van der Waals surface area contributed by atoms with Gasteiger partial charge in [0.25, 0.3) is 17.3 Å². The fourth-order valence-electron chi connectivity index (χ4n) is 5.30. The summed E-state index contributed by atoms with van der Waals surface area (Å²) in [6, 6.07) is 16.9. The lowest BCUT2D eigenvalue weighted by atomic mass is 9.73. The first-order chi connectivity index (χ1) is 18.6. The van der Waals surface area contributed by atoms with Crippen molar-refractivity contribution >= 4 is 52.3 Å². The van der Waals surface area contributed by atoms with E-state index in [1.807, 2.05) is 30.3 Å². The number of allylic oxidation sites excluding steroid dienone is 1. The number of carbonyl (C=O) groups is 1. The number of non-ortho nitro benzene ring substituents is 1. The molecule has 0 aromatic heterocycles. The van der Waals surface area contributed by atoms with Crippen molar-refractivity contribution in [2.45, 2.75) is 25.8 Å². The summed E-state index contributed by atoms with van der Waals surface area (Å²) in [5.74, 6) is -0.600. The number of hydrogen-bond donors (Lipinski definition) is 0. The summed E-state index contributed by atoms with van der Waals surface area (Å²) in [4.78, 5) is 35.4. The number of fused-ring (bicyclic) bond motifs is 1. The molecule has 0 radical (unpaired) electrons. The van der Waals surface area contributed by atoms with Crippen LogP contribution in [0.4, 0.5) is 11.4 Å². The number of halogens is 2. The van der Waals surface area contributed by atoms with Crippen LogP contribution in [0.3, 0.4) is 0 Å². The van der Waals surface area contributed by atoms with E-state index in [4.69, 9.17) is 28.3 Å². The zero-order chi connectivity index (χ0) is 27.8. The minimum atomic E-state index is -0.790. The summed E-state index contributed by atoms with van der Waals surface area (Å²) in [5, 5.41) is 30.2. The van der Waals surface area contributed by atoms with Crippen LogP contribution in [-0.4, -0.2) is 26.5 Å². The summed E-state index contributed by atoms with van der Waals surface area (Å²) in [6.45, 7) is 2.14. The van der Waals surface area contributed by atoms with E-state index >= 15 is 0 Å². The smallest absolute Gasteiger partial charge is 0.267 e. The van der Waals surface area contributed by atoms with Crippen LogP contribution in [0.15, 0.2) is 77.4 Å². The third-order valence-corrected chi connectivity index (χ3v) is 7.52. The zero-order valence-electron chi connectivity index (χ0n) is 20.7. The van der Waals surface area contributed by atoms with Crippen LogP contribution in [0.5, 0.6) is 0 Å². The predicted molar refractivity (Wildman–Crippen MR) is 149 cm³/mol. The standard InChI is InChI=1S/C28H22Cl2N4O5/c1-16-12-19(14-17-2-6-20(29)7-3-17)26-24(13-16)27(18-4-8-21(30)9-5-18)32(31-26)28(35)23-11-10-22(33(36)37)15-25(23)34(38)39/h2-11,14-16,24,27H,12-13H2,1H3/b19-14+/t16-,24-,27-/m1/s1. The van der Waals surface area contributed by atoms with Gasteiger partial charge in [-0.3, -0.25) is 25.0 Å². The van der Waals surface area contributed by atoms with E-state index in [9.17, 15) is 25.0 Å². The van der Waals surface area contributed by atoms with Crippen molar-refractivity contribution in [3.8, 4) is 0 Å². The Morgan fingerprint density at radius 1 is 0.974 bits per heavy atom. The second kappa shape index (κ2) is 10.6. The van der Waals surface area contributed by atoms with Crippen LogP contribution >= 0.6 is 23.2 Å². The maximum absolute atomic E-state index is 13.9. The topological polar surface area (TPSA) is 119 Å². The van der Waals surface area contributed by atoms with Crippen molar-refractivity contribution in [2.75, 3.05) is 0 Å². The van der Waals surface area contributed by atoms with E-state index in [0.29, 0.717) is 10.0 Å². The van der Waals surface area contributed by atoms with E-state index in [-0.39, 0.29) is 17.4 Å². The first-order valence-electron chi connectivity index (χ1n) is 12.2. The van der Waals surface area contributed by atoms with Gasteiger partial charge in [0.15, 0.2) is 0 Å². The maximum Gasteiger partial charge on any atom is 0.289 e. The van der Waals surface area contributed by atoms with E-state index in [1.165, 1.54) is 5.01 Å². The number of nitro benzene ring substituents is 2. The van der Waals surface area contributed by atoms with Gasteiger partial charge in [-0.15, -0.1) is 0 Å². The number of carbonyl (C=O) groups excluding carboxylic acids is 1. The van der Waals surface area contributed by atoms with Crippen LogP contribution in [-0.2, 0) is 0 Å². The Bertz CT molecular complexity index is 1540. The van der Waals surface area contributed by atoms with Gasteiger partial charge in [0, 0.05) is 22.0 Å². The third-order valence-electron chi connectivity index (χ3n) is 7.01. The third kappa shape index (κ3) is 5.28. The van der Waals surface area contributed by atoms with Crippen molar-refractivity contribution in [3.63, 3.8) is 0 Å². The number of rotatable bonds is 5. The van der Waals surface area contributed by atoms with E-state index in [1.54, 1.807) is 24.3 Å². The summed E-state index contributed by atoms with van der Waals surface area (Å²) in [6.07, 6.45) is 3.51. The predicted octanol–water partition coefficient (Wildman–Crippen LogP) is 7.49. The van der Waals surface area contributed by atoms with Crippen LogP contribution in [0.1, 0.15) is 47.3 Å². The molecule has 39 heavy (non-hydrogen) atoms. The Hall–Kier alpha value is -4.08. The molecule has 1 fully saturated rings. The number of nitro groups is 2. The number of benzene rings is 3. The Labute approximate surface area is 233 Å². The molecule has 1 amide bonds. The molecular formula is C28H22Cl2N4O5. The minimum Gasteiger partial charge on any atom is -0.267 e. The molecule has 5 rings (SSSR count). The van der Waals surface area contributed by atoms with Gasteiger partial charge in [-0.2, -0.15) is 5.10 Å². The molecule has 11 heteroatoms. The zero-order valence-corrected chi connectivity index (χ0v) is 22.2. The quantitative estimate of drug-likeness (QED) is 0.235. The molecule has 3 atom stereocenters. The molecule has 1 aliphatic heterocycles. The van der Waals surface area contributed by atoms with Crippen molar-refractivity contribution in [3.05, 3.63) is 119 Å². The summed E-state index contributed by atoms with van der Waals surface area (Å²) in [5.41, 5.74) is 2.02. The molecule has 9 nitrogen and oxygen atoms in total. The normalized spacial score (nSPS) is 21.4. The summed E-state index contributed by atoms with van der Waals surface area (Å²) >= 11 is 12.2. The van der Waals surface area contributed by atoms with Crippen molar-refractivity contribution in [1.29, 1.82) is 0 Å². The van der Waals surface area contributed by atoms with Crippen molar-refractivity contribution < 1.29 is 14.6 Å². The highest BCUT2D eigenvalue weighted by molar-refractivity contribution is 6.30. The molecule has 1 saturated carbocycles. The molecule has 0 unspecified atom stereocenters. The van der Waals surface area contributed by atoms with Crippen molar-refractivity contribution in [2.24, 2.45) is 16.9 Å². The minimum absolute atomic E-state index is 0.172. The Balaban J connectivity index is 1.64. The number of nitrogens with zero attached hydrogens (tertiary/aromatic N) is 4. The number of hydrazone groups is 1. The van der Waals surface area contributed by atoms with Gasteiger partial charge in [-0.1, -0.05) is 54.4 Å². The van der Waals surface area contributed by atoms with Crippen LogP contribution in [0.25, 0.3) is 6.08 Å². The average Bonchev–Trinajstić information content (AvgIpc) is 3.29. The molecule has 3 aromatic rings. The number of amides is 1.